The minimum absolute atomic E-state index is 0.0186. The summed E-state index contributed by atoms with van der Waals surface area (Å²) in [7, 11) is 0. The van der Waals surface area contributed by atoms with Crippen molar-refractivity contribution in [1.82, 2.24) is 0 Å². The summed E-state index contributed by atoms with van der Waals surface area (Å²) >= 11 is 10.5. The second-order valence-electron chi connectivity index (χ2n) is 3.61. The molecule has 1 aromatic carbocycles. The van der Waals surface area contributed by atoms with E-state index in [1.54, 1.807) is 0 Å². The number of halogens is 1. The smallest absolute Gasteiger partial charge is 0.219 e. The van der Waals surface area contributed by atoms with E-state index >= 15 is 0 Å². The Hall–Kier alpha value is -1.59. The molecule has 3 N–H and O–H groups in total. The van der Waals surface area contributed by atoms with Crippen molar-refractivity contribution < 1.29 is 20.1 Å². The summed E-state index contributed by atoms with van der Waals surface area (Å²) < 4.78 is 0. The van der Waals surface area contributed by atoms with Gasteiger partial charge in [-0.1, -0.05) is 23.8 Å². The number of ketones is 1. The fourth-order valence-corrected chi connectivity index (χ4v) is 2.31. The predicted octanol–water partition coefficient (Wildman–Crippen LogP) is 2.17. The van der Waals surface area contributed by atoms with E-state index in [1.807, 2.05) is 0 Å². The zero-order chi connectivity index (χ0) is 12.9. The van der Waals surface area contributed by atoms with Gasteiger partial charge in [-0.05, 0) is 6.92 Å². The van der Waals surface area contributed by atoms with E-state index in [4.69, 9.17) is 23.8 Å². The Kier molecular flexibility index (Phi) is 2.60. The summed E-state index contributed by atoms with van der Waals surface area (Å²) in [5.74, 6) is -1.81. The van der Waals surface area contributed by atoms with Gasteiger partial charge in [0.25, 0.3) is 0 Å². The van der Waals surface area contributed by atoms with Crippen molar-refractivity contribution in [3.63, 3.8) is 0 Å². The van der Waals surface area contributed by atoms with Crippen LogP contribution in [0.2, 0.25) is 0 Å². The molecule has 1 aromatic rings. The van der Waals surface area contributed by atoms with Crippen LogP contribution < -0.4 is 0 Å². The molecule has 0 unspecified atom stereocenters. The van der Waals surface area contributed by atoms with Gasteiger partial charge in [0.1, 0.15) is 22.3 Å². The fourth-order valence-electron chi connectivity index (χ4n) is 1.71. The van der Waals surface area contributed by atoms with E-state index < -0.39 is 16.6 Å². The van der Waals surface area contributed by atoms with Crippen LogP contribution in [0, 0.1) is 6.92 Å². The maximum absolute atomic E-state index is 11.6. The van der Waals surface area contributed by atoms with Gasteiger partial charge < -0.3 is 15.3 Å². The summed E-state index contributed by atoms with van der Waals surface area (Å²) in [4.78, 5) is 11.5. The van der Waals surface area contributed by atoms with Gasteiger partial charge in [-0.25, -0.2) is 0 Å². The Morgan fingerprint density at radius 2 is 1.76 bits per heavy atom. The highest BCUT2D eigenvalue weighted by molar-refractivity contribution is 7.82. The third-order valence-electron chi connectivity index (χ3n) is 2.62. The summed E-state index contributed by atoms with van der Waals surface area (Å²) in [6, 6.07) is 1.06. The predicted molar refractivity (Wildman–Crippen MR) is 66.6 cm³/mol. The molecule has 2 rings (SSSR count). The molecule has 1 aliphatic carbocycles. The van der Waals surface area contributed by atoms with Crippen LogP contribution in [-0.4, -0.2) is 26.0 Å². The first-order valence-corrected chi connectivity index (χ1v) is 5.38. The van der Waals surface area contributed by atoms with Gasteiger partial charge in [-0.3, -0.25) is 4.79 Å². The molecular weight excluding hydrogens is 264 g/mol. The first-order chi connectivity index (χ1) is 7.86. The number of benzene rings is 1. The number of carbonyl (C=O) groups excluding carboxylic acids is 1. The minimum Gasteiger partial charge on any atom is -0.508 e. The van der Waals surface area contributed by atoms with E-state index in [9.17, 15) is 20.1 Å². The topological polar surface area (TPSA) is 77.8 Å². The lowest BCUT2D eigenvalue weighted by Crippen LogP contribution is -2.22. The SMILES string of the molecule is Cc1c(O)cc(O)c2c1C(=S)C(=O)C(Cl)=C2O. The molecule has 0 radical (unpaired) electrons. The lowest BCUT2D eigenvalue weighted by atomic mass is 9.89. The maximum atomic E-state index is 11.6. The number of Topliss-reactive ketones (excluding diaryl/α,β-unsaturated/α-hetero) is 1. The van der Waals surface area contributed by atoms with Gasteiger partial charge in [-0.2, -0.15) is 0 Å². The van der Waals surface area contributed by atoms with Crippen LogP contribution in [0.15, 0.2) is 11.1 Å². The number of carbonyl (C=O) groups is 1. The number of fused-ring (bicyclic) bond motifs is 1. The van der Waals surface area contributed by atoms with E-state index in [1.165, 1.54) is 6.92 Å². The molecule has 0 heterocycles. The Labute approximate surface area is 107 Å². The number of phenols is 2. The van der Waals surface area contributed by atoms with Gasteiger partial charge in [0.05, 0.1) is 10.4 Å². The molecule has 17 heavy (non-hydrogen) atoms. The quantitative estimate of drug-likeness (QED) is 0.630. The maximum Gasteiger partial charge on any atom is 0.219 e. The average Bonchev–Trinajstić information content (AvgIpc) is 2.28. The van der Waals surface area contributed by atoms with E-state index in [2.05, 4.69) is 0 Å². The van der Waals surface area contributed by atoms with Crippen LogP contribution in [0.3, 0.4) is 0 Å². The number of thiocarbonyl (C=S) groups is 1. The number of phenolic OH excluding ortho intramolecular Hbond substituents is 2. The molecule has 0 bridgehead atoms. The number of aliphatic hydroxyl groups excluding tert-OH is 1. The third-order valence-corrected chi connectivity index (χ3v) is 3.36. The lowest BCUT2D eigenvalue weighted by molar-refractivity contribution is -0.109. The molecule has 0 aromatic heterocycles. The van der Waals surface area contributed by atoms with Crippen molar-refractivity contribution in [2.45, 2.75) is 6.92 Å². The largest absolute Gasteiger partial charge is 0.508 e. The molecule has 1 aliphatic rings. The van der Waals surface area contributed by atoms with Crippen molar-refractivity contribution in [2.75, 3.05) is 0 Å². The molecule has 88 valence electrons. The van der Waals surface area contributed by atoms with Crippen LogP contribution in [0.25, 0.3) is 5.76 Å². The summed E-state index contributed by atoms with van der Waals surface area (Å²) in [5.41, 5.74) is 0.436. The second-order valence-corrected chi connectivity index (χ2v) is 4.40. The molecule has 6 heteroatoms. The molecule has 0 fully saturated rings. The standard InChI is InChI=1S/C11H7ClO4S/c1-3-4(13)2-5(14)7-6(3)11(17)10(16)8(12)9(7)15/h2,13-15H,1H3. The van der Waals surface area contributed by atoms with Gasteiger partial charge in [-0.15, -0.1) is 0 Å². The van der Waals surface area contributed by atoms with Crippen molar-refractivity contribution in [1.29, 1.82) is 0 Å². The highest BCUT2D eigenvalue weighted by atomic mass is 35.5. The highest BCUT2D eigenvalue weighted by Crippen LogP contribution is 2.40. The fraction of sp³-hybridized carbons (Fsp3) is 0.0909. The Morgan fingerprint density at radius 3 is 2.35 bits per heavy atom. The molecule has 0 saturated carbocycles. The normalized spacial score (nSPS) is 15.2. The van der Waals surface area contributed by atoms with Crippen LogP contribution >= 0.6 is 23.8 Å². The minimum atomic E-state index is -0.695. The van der Waals surface area contributed by atoms with Gasteiger partial charge in [0.2, 0.25) is 5.78 Å². The highest BCUT2D eigenvalue weighted by Gasteiger charge is 2.33. The average molecular weight is 271 g/mol. The molecule has 0 atom stereocenters. The van der Waals surface area contributed by atoms with Crippen LogP contribution in [0.1, 0.15) is 16.7 Å². The van der Waals surface area contributed by atoms with Crippen LogP contribution in [0.4, 0.5) is 0 Å². The Bertz CT molecular complexity index is 604. The number of allylic oxidation sites excluding steroid dienone is 1. The molecular formula is C11H7ClO4S. The third kappa shape index (κ3) is 1.50. The zero-order valence-corrected chi connectivity index (χ0v) is 10.2. The number of rotatable bonds is 0. The van der Waals surface area contributed by atoms with E-state index in [-0.39, 0.29) is 27.5 Å². The van der Waals surface area contributed by atoms with Crippen molar-refractivity contribution in [3.8, 4) is 11.5 Å². The number of hydrogen-bond acceptors (Lipinski definition) is 5. The number of aliphatic hydroxyl groups is 1. The van der Waals surface area contributed by atoms with E-state index in [0.717, 1.165) is 6.07 Å². The Balaban J connectivity index is 2.95. The number of aromatic hydroxyl groups is 2. The molecule has 0 saturated heterocycles. The number of hydrogen-bond donors (Lipinski definition) is 3. The summed E-state index contributed by atoms with van der Waals surface area (Å²) in [5, 5.41) is 28.5. The van der Waals surface area contributed by atoms with Crippen molar-refractivity contribution in [2.24, 2.45) is 0 Å². The lowest BCUT2D eigenvalue weighted by Gasteiger charge is -2.20. The zero-order valence-electron chi connectivity index (χ0n) is 8.61. The monoisotopic (exact) mass is 270 g/mol. The first-order valence-electron chi connectivity index (χ1n) is 4.60. The summed E-state index contributed by atoms with van der Waals surface area (Å²) in [6.07, 6.45) is 0. The molecule has 4 nitrogen and oxygen atoms in total. The van der Waals surface area contributed by atoms with Crippen LogP contribution in [-0.2, 0) is 4.79 Å². The van der Waals surface area contributed by atoms with Crippen molar-refractivity contribution in [3.05, 3.63) is 27.8 Å². The Morgan fingerprint density at radius 1 is 1.18 bits per heavy atom. The molecule has 0 spiro atoms. The molecule has 0 amide bonds. The second kappa shape index (κ2) is 3.72. The van der Waals surface area contributed by atoms with Gasteiger partial charge in [0.15, 0.2) is 0 Å². The first kappa shape index (κ1) is 11.9. The van der Waals surface area contributed by atoms with Crippen LogP contribution in [0.5, 0.6) is 11.5 Å². The van der Waals surface area contributed by atoms with Crippen molar-refractivity contribution >= 4 is 40.2 Å². The van der Waals surface area contributed by atoms with E-state index in [0.29, 0.717) is 5.56 Å². The molecule has 0 aliphatic heterocycles. The van der Waals surface area contributed by atoms with Gasteiger partial charge in [0, 0.05) is 17.2 Å². The summed E-state index contributed by atoms with van der Waals surface area (Å²) in [6.45, 7) is 1.53. The van der Waals surface area contributed by atoms with Gasteiger partial charge >= 0.3 is 0 Å².